The summed E-state index contributed by atoms with van der Waals surface area (Å²) in [5.74, 6) is 1.74. The number of ether oxygens (including phenoxy) is 2. The van der Waals surface area contributed by atoms with Crippen LogP contribution in [0.2, 0.25) is 0 Å². The lowest BCUT2D eigenvalue weighted by Crippen LogP contribution is -2.40. The van der Waals surface area contributed by atoms with E-state index in [9.17, 15) is 4.79 Å². The molecule has 0 saturated carbocycles. The van der Waals surface area contributed by atoms with Gasteiger partial charge < -0.3 is 19.2 Å². The summed E-state index contributed by atoms with van der Waals surface area (Å²) in [6.07, 6.45) is 3.63. The van der Waals surface area contributed by atoms with Crippen molar-refractivity contribution >= 4 is 16.9 Å². The summed E-state index contributed by atoms with van der Waals surface area (Å²) in [5.41, 5.74) is 2.69. The molecular formula is C25H30N2O4. The molecule has 1 aromatic heterocycles. The molecule has 2 aromatic carbocycles. The highest BCUT2D eigenvalue weighted by Crippen LogP contribution is 2.29. The number of benzene rings is 2. The molecule has 0 aliphatic carbocycles. The summed E-state index contributed by atoms with van der Waals surface area (Å²) < 4.78 is 16.5. The largest absolute Gasteiger partial charge is 0.497 e. The van der Waals surface area contributed by atoms with Crippen molar-refractivity contribution in [1.82, 2.24) is 10.2 Å². The third-order valence-electron chi connectivity index (χ3n) is 6.14. The number of amides is 1. The smallest absolute Gasteiger partial charge is 0.287 e. The number of nitrogens with zero attached hydrogens (tertiary/aromatic N) is 1. The van der Waals surface area contributed by atoms with Gasteiger partial charge in [0.05, 0.1) is 20.3 Å². The van der Waals surface area contributed by atoms with Crippen LogP contribution in [0.25, 0.3) is 11.0 Å². The second-order valence-electron chi connectivity index (χ2n) is 8.01. The van der Waals surface area contributed by atoms with Gasteiger partial charge in [0.25, 0.3) is 5.91 Å². The van der Waals surface area contributed by atoms with E-state index in [1.165, 1.54) is 24.8 Å². The fourth-order valence-electron chi connectivity index (χ4n) is 4.33. The first-order chi connectivity index (χ1) is 15.1. The van der Waals surface area contributed by atoms with Gasteiger partial charge in [-0.25, -0.2) is 0 Å². The van der Waals surface area contributed by atoms with Crippen molar-refractivity contribution in [2.45, 2.75) is 32.2 Å². The summed E-state index contributed by atoms with van der Waals surface area (Å²) in [5, 5.41) is 4.01. The van der Waals surface area contributed by atoms with Crippen molar-refractivity contribution in [1.29, 1.82) is 0 Å². The van der Waals surface area contributed by atoms with Gasteiger partial charge in [-0.15, -0.1) is 0 Å². The fraction of sp³-hybridized carbons (Fsp3) is 0.400. The van der Waals surface area contributed by atoms with E-state index in [0.29, 0.717) is 17.9 Å². The predicted octanol–water partition coefficient (Wildman–Crippen LogP) is 4.72. The molecule has 1 atom stereocenters. The van der Waals surface area contributed by atoms with E-state index in [0.717, 1.165) is 35.5 Å². The maximum absolute atomic E-state index is 13.0. The number of likely N-dealkylation sites (tertiary alicyclic amines) is 1. The first-order valence-electron chi connectivity index (χ1n) is 10.8. The average Bonchev–Trinajstić information content (AvgIpc) is 3.16. The third kappa shape index (κ3) is 4.54. The summed E-state index contributed by atoms with van der Waals surface area (Å²) in [4.78, 5) is 15.5. The van der Waals surface area contributed by atoms with Crippen LogP contribution in [-0.2, 0) is 0 Å². The molecule has 0 radical (unpaired) electrons. The van der Waals surface area contributed by atoms with E-state index in [-0.39, 0.29) is 11.9 Å². The molecule has 3 aromatic rings. The van der Waals surface area contributed by atoms with Crippen molar-refractivity contribution in [3.63, 3.8) is 0 Å². The standard InChI is InChI=1S/C25H30N2O4/c1-17-21-15-20(30-3)11-12-23(21)31-24(17)25(28)26-16-22(27-13-5-4-6-14-27)18-7-9-19(29-2)10-8-18/h7-12,15,22H,4-6,13-14,16H2,1-3H3,(H,26,28). The number of piperidine rings is 1. The molecule has 31 heavy (non-hydrogen) atoms. The molecule has 6 heteroatoms. The Bertz CT molecular complexity index is 1040. The number of methoxy groups -OCH3 is 2. The molecule has 1 amide bonds. The fourth-order valence-corrected chi connectivity index (χ4v) is 4.33. The summed E-state index contributed by atoms with van der Waals surface area (Å²) in [6.45, 7) is 4.50. The third-order valence-corrected chi connectivity index (χ3v) is 6.14. The van der Waals surface area contributed by atoms with Gasteiger partial charge in [-0.2, -0.15) is 0 Å². The number of nitrogens with one attached hydrogen (secondary N) is 1. The minimum atomic E-state index is -0.191. The van der Waals surface area contributed by atoms with Crippen molar-refractivity contribution in [3.8, 4) is 11.5 Å². The molecular weight excluding hydrogens is 392 g/mol. The SMILES string of the molecule is COc1ccc(C(CNC(=O)c2oc3ccc(OC)cc3c2C)N2CCCCC2)cc1. The van der Waals surface area contributed by atoms with Gasteiger partial charge in [0.15, 0.2) is 5.76 Å². The molecule has 0 bridgehead atoms. The van der Waals surface area contributed by atoms with E-state index < -0.39 is 0 Å². The van der Waals surface area contributed by atoms with Gasteiger partial charge in [-0.3, -0.25) is 9.69 Å². The summed E-state index contributed by atoms with van der Waals surface area (Å²) in [6, 6.07) is 13.8. The van der Waals surface area contributed by atoms with Gasteiger partial charge in [0, 0.05) is 17.5 Å². The van der Waals surface area contributed by atoms with Crippen LogP contribution >= 0.6 is 0 Å². The van der Waals surface area contributed by atoms with E-state index in [4.69, 9.17) is 13.9 Å². The van der Waals surface area contributed by atoms with Gasteiger partial charge in [0.2, 0.25) is 0 Å². The van der Waals surface area contributed by atoms with Crippen LogP contribution < -0.4 is 14.8 Å². The molecule has 1 N–H and O–H groups in total. The van der Waals surface area contributed by atoms with Crippen molar-refractivity contribution < 1.29 is 18.7 Å². The van der Waals surface area contributed by atoms with Gasteiger partial charge in [0.1, 0.15) is 17.1 Å². The minimum absolute atomic E-state index is 0.111. The predicted molar refractivity (Wildman–Crippen MR) is 121 cm³/mol. The van der Waals surface area contributed by atoms with E-state index >= 15 is 0 Å². The number of fused-ring (bicyclic) bond motifs is 1. The Labute approximate surface area is 183 Å². The Hall–Kier alpha value is -2.99. The second kappa shape index (κ2) is 9.43. The van der Waals surface area contributed by atoms with Crippen LogP contribution in [0.5, 0.6) is 11.5 Å². The molecule has 1 saturated heterocycles. The number of furan rings is 1. The van der Waals surface area contributed by atoms with Crippen molar-refractivity contribution in [2.75, 3.05) is 33.9 Å². The Kier molecular flexibility index (Phi) is 6.47. The molecule has 1 unspecified atom stereocenters. The molecule has 1 fully saturated rings. The lowest BCUT2D eigenvalue weighted by Gasteiger charge is -2.35. The van der Waals surface area contributed by atoms with E-state index in [2.05, 4.69) is 22.3 Å². The van der Waals surface area contributed by atoms with E-state index in [1.807, 2.05) is 37.3 Å². The second-order valence-corrected chi connectivity index (χ2v) is 8.01. The van der Waals surface area contributed by atoms with Crippen molar-refractivity contribution in [2.24, 2.45) is 0 Å². The highest BCUT2D eigenvalue weighted by Gasteiger charge is 2.25. The van der Waals surface area contributed by atoms with Crippen LogP contribution in [0.1, 0.15) is 47.0 Å². The van der Waals surface area contributed by atoms with Crippen LogP contribution in [0.3, 0.4) is 0 Å². The Morgan fingerprint density at radius 3 is 2.39 bits per heavy atom. The topological polar surface area (TPSA) is 63.9 Å². The number of rotatable bonds is 7. The first-order valence-corrected chi connectivity index (χ1v) is 10.8. The number of carbonyl (C=O) groups is 1. The number of hydrogen-bond donors (Lipinski definition) is 1. The number of carbonyl (C=O) groups excluding carboxylic acids is 1. The van der Waals surface area contributed by atoms with Gasteiger partial charge in [-0.05, 0) is 68.8 Å². The molecule has 0 spiro atoms. The zero-order valence-electron chi connectivity index (χ0n) is 18.4. The zero-order valence-corrected chi connectivity index (χ0v) is 18.4. The van der Waals surface area contributed by atoms with Crippen molar-refractivity contribution in [3.05, 3.63) is 59.4 Å². The average molecular weight is 423 g/mol. The Morgan fingerprint density at radius 2 is 1.71 bits per heavy atom. The van der Waals surface area contributed by atoms with Crippen LogP contribution in [0.15, 0.2) is 46.9 Å². The molecule has 2 heterocycles. The molecule has 1 aliphatic rings. The maximum Gasteiger partial charge on any atom is 0.287 e. The highest BCUT2D eigenvalue weighted by atomic mass is 16.5. The molecule has 6 nitrogen and oxygen atoms in total. The van der Waals surface area contributed by atoms with E-state index in [1.54, 1.807) is 14.2 Å². The molecule has 1 aliphatic heterocycles. The number of aryl methyl sites for hydroxylation is 1. The Balaban J connectivity index is 1.54. The van der Waals surface area contributed by atoms with Crippen LogP contribution in [-0.4, -0.2) is 44.7 Å². The zero-order chi connectivity index (χ0) is 21.8. The van der Waals surface area contributed by atoms with Crippen LogP contribution in [0, 0.1) is 6.92 Å². The highest BCUT2D eigenvalue weighted by molar-refractivity contribution is 5.99. The Morgan fingerprint density at radius 1 is 1.03 bits per heavy atom. The molecule has 4 rings (SSSR count). The summed E-state index contributed by atoms with van der Waals surface area (Å²) >= 11 is 0. The van der Waals surface area contributed by atoms with Gasteiger partial charge >= 0.3 is 0 Å². The normalized spacial score (nSPS) is 15.6. The minimum Gasteiger partial charge on any atom is -0.497 e. The quantitative estimate of drug-likeness (QED) is 0.597. The van der Waals surface area contributed by atoms with Crippen LogP contribution in [0.4, 0.5) is 0 Å². The summed E-state index contributed by atoms with van der Waals surface area (Å²) in [7, 11) is 3.30. The lowest BCUT2D eigenvalue weighted by molar-refractivity contribution is 0.0898. The number of hydrogen-bond acceptors (Lipinski definition) is 5. The lowest BCUT2D eigenvalue weighted by atomic mass is 10.0. The van der Waals surface area contributed by atoms with Gasteiger partial charge in [-0.1, -0.05) is 18.6 Å². The molecule has 164 valence electrons. The first kappa shape index (κ1) is 21.2. The monoisotopic (exact) mass is 422 g/mol. The maximum atomic E-state index is 13.0.